The zero-order valence-electron chi connectivity index (χ0n) is 14.5. The number of likely N-dealkylation sites (tertiary alicyclic amines) is 2. The average Bonchev–Trinajstić information content (AvgIpc) is 3.23. The Morgan fingerprint density at radius 1 is 1.04 bits per heavy atom. The SMILES string of the molecule is O=C(c1cccc(CN2CCCC2)c1)N1CC[C@@H]2CNC[C@@H]2CC1. The summed E-state index contributed by atoms with van der Waals surface area (Å²) in [4.78, 5) is 17.5. The van der Waals surface area contributed by atoms with Crippen LogP contribution in [0.3, 0.4) is 0 Å². The van der Waals surface area contributed by atoms with E-state index < -0.39 is 0 Å². The van der Waals surface area contributed by atoms with Gasteiger partial charge in [0.05, 0.1) is 0 Å². The molecule has 130 valence electrons. The Morgan fingerprint density at radius 2 is 1.75 bits per heavy atom. The molecule has 0 spiro atoms. The van der Waals surface area contributed by atoms with E-state index in [1.165, 1.54) is 31.5 Å². The molecule has 3 saturated heterocycles. The van der Waals surface area contributed by atoms with Crippen LogP contribution >= 0.6 is 0 Å². The first kappa shape index (κ1) is 16.1. The lowest BCUT2D eigenvalue weighted by Gasteiger charge is -2.22. The van der Waals surface area contributed by atoms with Crippen molar-refractivity contribution in [3.05, 3.63) is 35.4 Å². The topological polar surface area (TPSA) is 35.6 Å². The van der Waals surface area contributed by atoms with Crippen LogP contribution in [-0.2, 0) is 6.54 Å². The maximum atomic E-state index is 13.0. The minimum Gasteiger partial charge on any atom is -0.339 e. The number of carbonyl (C=O) groups is 1. The largest absolute Gasteiger partial charge is 0.339 e. The molecule has 1 amide bonds. The van der Waals surface area contributed by atoms with Crippen molar-refractivity contribution in [3.63, 3.8) is 0 Å². The molecule has 1 aromatic carbocycles. The van der Waals surface area contributed by atoms with Crippen molar-refractivity contribution in [2.45, 2.75) is 32.2 Å². The van der Waals surface area contributed by atoms with E-state index in [-0.39, 0.29) is 5.91 Å². The second-order valence-electron chi connectivity index (χ2n) is 7.73. The molecular formula is C20H29N3O. The van der Waals surface area contributed by atoms with Gasteiger partial charge in [-0.3, -0.25) is 9.69 Å². The summed E-state index contributed by atoms with van der Waals surface area (Å²) in [5.41, 5.74) is 2.15. The van der Waals surface area contributed by atoms with Crippen molar-refractivity contribution >= 4 is 5.91 Å². The van der Waals surface area contributed by atoms with E-state index in [0.717, 1.165) is 63.0 Å². The van der Waals surface area contributed by atoms with Gasteiger partial charge in [-0.25, -0.2) is 0 Å². The van der Waals surface area contributed by atoms with Crippen LogP contribution in [-0.4, -0.2) is 55.0 Å². The summed E-state index contributed by atoms with van der Waals surface area (Å²) in [7, 11) is 0. The molecular weight excluding hydrogens is 298 g/mol. The number of hydrogen-bond donors (Lipinski definition) is 1. The number of nitrogens with one attached hydrogen (secondary N) is 1. The number of amides is 1. The van der Waals surface area contributed by atoms with Crippen LogP contribution in [0.15, 0.2) is 24.3 Å². The van der Waals surface area contributed by atoms with Gasteiger partial charge < -0.3 is 10.2 Å². The van der Waals surface area contributed by atoms with Crippen molar-refractivity contribution in [2.75, 3.05) is 39.3 Å². The first-order valence-electron chi connectivity index (χ1n) is 9.61. The Morgan fingerprint density at radius 3 is 2.46 bits per heavy atom. The average molecular weight is 327 g/mol. The molecule has 4 rings (SSSR count). The van der Waals surface area contributed by atoms with Crippen LogP contribution in [0.4, 0.5) is 0 Å². The summed E-state index contributed by atoms with van der Waals surface area (Å²) in [6.07, 6.45) is 4.92. The molecule has 0 unspecified atom stereocenters. The van der Waals surface area contributed by atoms with Crippen LogP contribution in [0, 0.1) is 11.8 Å². The number of fused-ring (bicyclic) bond motifs is 1. The summed E-state index contributed by atoms with van der Waals surface area (Å²) in [5.74, 6) is 1.76. The van der Waals surface area contributed by atoms with Gasteiger partial charge in [-0.15, -0.1) is 0 Å². The predicted molar refractivity (Wildman–Crippen MR) is 95.9 cm³/mol. The fourth-order valence-electron chi connectivity index (χ4n) is 4.61. The van der Waals surface area contributed by atoms with E-state index in [9.17, 15) is 4.79 Å². The van der Waals surface area contributed by atoms with Gasteiger partial charge in [0, 0.05) is 25.2 Å². The number of hydrogen-bond acceptors (Lipinski definition) is 3. The molecule has 1 aromatic rings. The van der Waals surface area contributed by atoms with Gasteiger partial charge in [-0.1, -0.05) is 12.1 Å². The molecule has 4 nitrogen and oxygen atoms in total. The van der Waals surface area contributed by atoms with E-state index in [4.69, 9.17) is 0 Å². The zero-order chi connectivity index (χ0) is 16.4. The van der Waals surface area contributed by atoms with E-state index in [1.807, 2.05) is 6.07 Å². The van der Waals surface area contributed by atoms with Crippen LogP contribution < -0.4 is 5.32 Å². The number of rotatable bonds is 3. The molecule has 3 heterocycles. The molecule has 0 aliphatic carbocycles. The minimum atomic E-state index is 0.228. The van der Waals surface area contributed by atoms with Gasteiger partial charge in [-0.05, 0) is 81.4 Å². The van der Waals surface area contributed by atoms with Crippen molar-refractivity contribution in [2.24, 2.45) is 11.8 Å². The van der Waals surface area contributed by atoms with Crippen LogP contribution in [0.25, 0.3) is 0 Å². The first-order chi connectivity index (χ1) is 11.8. The van der Waals surface area contributed by atoms with Crippen LogP contribution in [0.5, 0.6) is 0 Å². The highest BCUT2D eigenvalue weighted by molar-refractivity contribution is 5.94. The fraction of sp³-hybridized carbons (Fsp3) is 0.650. The molecule has 24 heavy (non-hydrogen) atoms. The van der Waals surface area contributed by atoms with E-state index in [0.29, 0.717) is 0 Å². The van der Waals surface area contributed by atoms with Gasteiger partial charge >= 0.3 is 0 Å². The fourth-order valence-corrected chi connectivity index (χ4v) is 4.61. The van der Waals surface area contributed by atoms with Crippen molar-refractivity contribution in [3.8, 4) is 0 Å². The quantitative estimate of drug-likeness (QED) is 0.926. The summed E-state index contributed by atoms with van der Waals surface area (Å²) in [6.45, 7) is 7.48. The zero-order valence-corrected chi connectivity index (χ0v) is 14.5. The van der Waals surface area contributed by atoms with Gasteiger partial charge in [0.25, 0.3) is 5.91 Å². The third-order valence-corrected chi connectivity index (χ3v) is 6.09. The van der Waals surface area contributed by atoms with E-state index in [2.05, 4.69) is 33.3 Å². The number of benzene rings is 1. The van der Waals surface area contributed by atoms with Gasteiger partial charge in [-0.2, -0.15) is 0 Å². The van der Waals surface area contributed by atoms with Crippen molar-refractivity contribution in [1.82, 2.24) is 15.1 Å². The normalized spacial score (nSPS) is 27.9. The molecule has 3 aliphatic heterocycles. The molecule has 1 N–H and O–H groups in total. The van der Waals surface area contributed by atoms with E-state index in [1.54, 1.807) is 0 Å². The summed E-state index contributed by atoms with van der Waals surface area (Å²) >= 11 is 0. The lowest BCUT2D eigenvalue weighted by Crippen LogP contribution is -2.32. The lowest BCUT2D eigenvalue weighted by atomic mass is 9.92. The highest BCUT2D eigenvalue weighted by atomic mass is 16.2. The lowest BCUT2D eigenvalue weighted by molar-refractivity contribution is 0.0758. The Labute approximate surface area is 145 Å². The standard InChI is InChI=1S/C20H29N3O/c24-20(23-10-6-18-13-21-14-19(18)7-11-23)17-5-3-4-16(12-17)15-22-8-1-2-9-22/h3-5,12,18-19,21H,1-2,6-11,13-15H2/t18-,19+. The van der Waals surface area contributed by atoms with Gasteiger partial charge in [0.15, 0.2) is 0 Å². The molecule has 0 aromatic heterocycles. The Hall–Kier alpha value is -1.39. The summed E-state index contributed by atoms with van der Waals surface area (Å²) < 4.78 is 0. The Bertz CT molecular complexity index is 568. The Balaban J connectivity index is 1.41. The molecule has 4 heteroatoms. The number of carbonyl (C=O) groups excluding carboxylic acids is 1. The third kappa shape index (κ3) is 3.50. The number of nitrogens with zero attached hydrogens (tertiary/aromatic N) is 2. The first-order valence-corrected chi connectivity index (χ1v) is 9.61. The smallest absolute Gasteiger partial charge is 0.253 e. The summed E-state index contributed by atoms with van der Waals surface area (Å²) in [6, 6.07) is 8.32. The van der Waals surface area contributed by atoms with Crippen LogP contribution in [0.1, 0.15) is 41.6 Å². The van der Waals surface area contributed by atoms with Crippen molar-refractivity contribution < 1.29 is 4.79 Å². The van der Waals surface area contributed by atoms with Crippen molar-refractivity contribution in [1.29, 1.82) is 0 Å². The third-order valence-electron chi connectivity index (χ3n) is 6.09. The molecule has 3 aliphatic rings. The van der Waals surface area contributed by atoms with E-state index >= 15 is 0 Å². The maximum Gasteiger partial charge on any atom is 0.253 e. The second kappa shape index (κ2) is 7.24. The van der Waals surface area contributed by atoms with Gasteiger partial charge in [0.1, 0.15) is 0 Å². The highest BCUT2D eigenvalue weighted by Gasteiger charge is 2.31. The highest BCUT2D eigenvalue weighted by Crippen LogP contribution is 2.27. The monoisotopic (exact) mass is 327 g/mol. The van der Waals surface area contributed by atoms with Gasteiger partial charge in [0.2, 0.25) is 0 Å². The molecule has 3 fully saturated rings. The molecule has 0 saturated carbocycles. The molecule has 0 bridgehead atoms. The minimum absolute atomic E-state index is 0.228. The van der Waals surface area contributed by atoms with Crippen LogP contribution in [0.2, 0.25) is 0 Å². The molecule has 2 atom stereocenters. The second-order valence-corrected chi connectivity index (χ2v) is 7.73. The maximum absolute atomic E-state index is 13.0. The summed E-state index contributed by atoms with van der Waals surface area (Å²) in [5, 5.41) is 3.50. The predicted octanol–water partition coefficient (Wildman–Crippen LogP) is 2.35. The Kier molecular flexibility index (Phi) is 4.86. The molecule has 0 radical (unpaired) electrons.